The quantitative estimate of drug-likeness (QED) is 0.871. The molecule has 1 fully saturated rings. The van der Waals surface area contributed by atoms with Crippen LogP contribution in [0.3, 0.4) is 0 Å². The van der Waals surface area contributed by atoms with Gasteiger partial charge in [-0.2, -0.15) is 4.31 Å². The van der Waals surface area contributed by atoms with Gasteiger partial charge in [0.1, 0.15) is 0 Å². The third-order valence-corrected chi connectivity index (χ3v) is 6.27. The van der Waals surface area contributed by atoms with Crippen molar-refractivity contribution in [3.05, 3.63) is 35.4 Å². The van der Waals surface area contributed by atoms with Gasteiger partial charge in [0.25, 0.3) is 5.91 Å². The number of likely N-dealkylation sites (N-methyl/N-ethyl adjacent to an activating group) is 1. The van der Waals surface area contributed by atoms with Gasteiger partial charge < -0.3 is 5.32 Å². The average molecular weight is 339 g/mol. The molecule has 1 aliphatic rings. The van der Waals surface area contributed by atoms with E-state index in [1.165, 1.54) is 0 Å². The van der Waals surface area contributed by atoms with Crippen LogP contribution in [0, 0.1) is 0 Å². The highest BCUT2D eigenvalue weighted by Crippen LogP contribution is 2.26. The lowest BCUT2D eigenvalue weighted by molar-refractivity contribution is 0.0962. The van der Waals surface area contributed by atoms with E-state index in [-0.39, 0.29) is 17.7 Å². The smallest absolute Gasteiger partial charge is 0.251 e. The van der Waals surface area contributed by atoms with Crippen molar-refractivity contribution in [2.24, 2.45) is 0 Å². The summed E-state index contributed by atoms with van der Waals surface area (Å²) in [5.41, 5.74) is 1.55. The standard InChI is InChI=1S/C16H25N3O3S/c1-4-10-23(21,22)19-9-8-18(3)15(12-19)13-6-5-7-14(11-13)16(20)17-2/h5-7,11,15H,4,8-10,12H2,1-3H3,(H,17,20)/t15-/m0/s1. The second kappa shape index (κ2) is 7.42. The molecule has 1 saturated heterocycles. The molecule has 2 rings (SSSR count). The van der Waals surface area contributed by atoms with Crippen molar-refractivity contribution in [3.8, 4) is 0 Å². The zero-order valence-electron chi connectivity index (χ0n) is 13.9. The first-order chi connectivity index (χ1) is 10.9. The highest BCUT2D eigenvalue weighted by atomic mass is 32.2. The van der Waals surface area contributed by atoms with Crippen LogP contribution in [0.4, 0.5) is 0 Å². The molecule has 1 aromatic rings. The number of amides is 1. The maximum absolute atomic E-state index is 12.3. The van der Waals surface area contributed by atoms with E-state index in [0.29, 0.717) is 31.6 Å². The number of carbonyl (C=O) groups is 1. The molecular formula is C16H25N3O3S. The average Bonchev–Trinajstić information content (AvgIpc) is 2.54. The highest BCUT2D eigenvalue weighted by Gasteiger charge is 2.32. The summed E-state index contributed by atoms with van der Waals surface area (Å²) in [5, 5.41) is 2.61. The van der Waals surface area contributed by atoms with Crippen molar-refractivity contribution in [1.29, 1.82) is 0 Å². The Morgan fingerprint density at radius 3 is 2.74 bits per heavy atom. The van der Waals surface area contributed by atoms with Crippen LogP contribution in [0.5, 0.6) is 0 Å². The van der Waals surface area contributed by atoms with Gasteiger partial charge in [0, 0.05) is 38.3 Å². The third kappa shape index (κ3) is 4.10. The fraction of sp³-hybridized carbons (Fsp3) is 0.562. The Morgan fingerprint density at radius 1 is 1.35 bits per heavy atom. The molecule has 1 heterocycles. The summed E-state index contributed by atoms with van der Waals surface area (Å²) in [4.78, 5) is 13.9. The molecule has 0 aromatic heterocycles. The molecule has 0 bridgehead atoms. The van der Waals surface area contributed by atoms with Gasteiger partial charge in [0.2, 0.25) is 10.0 Å². The fourth-order valence-corrected chi connectivity index (χ4v) is 4.38. The van der Waals surface area contributed by atoms with Crippen LogP contribution in [-0.2, 0) is 10.0 Å². The maximum Gasteiger partial charge on any atom is 0.251 e. The number of nitrogens with one attached hydrogen (secondary N) is 1. The zero-order valence-corrected chi connectivity index (χ0v) is 14.8. The molecule has 0 saturated carbocycles. The second-order valence-electron chi connectivity index (χ2n) is 5.88. The van der Waals surface area contributed by atoms with E-state index in [2.05, 4.69) is 10.2 Å². The van der Waals surface area contributed by atoms with Crippen LogP contribution in [0.25, 0.3) is 0 Å². The van der Waals surface area contributed by atoms with Crippen molar-refractivity contribution in [2.45, 2.75) is 19.4 Å². The number of hydrogen-bond acceptors (Lipinski definition) is 4. The van der Waals surface area contributed by atoms with Crippen molar-refractivity contribution in [2.75, 3.05) is 39.5 Å². The molecule has 0 aliphatic carbocycles. The first-order valence-corrected chi connectivity index (χ1v) is 9.50. The van der Waals surface area contributed by atoms with Crippen molar-refractivity contribution in [3.63, 3.8) is 0 Å². The number of rotatable bonds is 5. The van der Waals surface area contributed by atoms with E-state index in [1.54, 1.807) is 17.4 Å². The molecular weight excluding hydrogens is 314 g/mol. The summed E-state index contributed by atoms with van der Waals surface area (Å²) in [6.07, 6.45) is 0.617. The minimum Gasteiger partial charge on any atom is -0.355 e. The molecule has 128 valence electrons. The predicted octanol–water partition coefficient (Wildman–Crippen LogP) is 1.07. The molecule has 0 unspecified atom stereocenters. The Balaban J connectivity index is 2.25. The van der Waals surface area contributed by atoms with Crippen LogP contribution in [0.2, 0.25) is 0 Å². The minimum absolute atomic E-state index is 0.0417. The molecule has 1 atom stereocenters. The molecule has 0 radical (unpaired) electrons. The van der Waals surface area contributed by atoms with E-state index in [4.69, 9.17) is 0 Å². The highest BCUT2D eigenvalue weighted by molar-refractivity contribution is 7.89. The number of piperazine rings is 1. The van der Waals surface area contributed by atoms with Gasteiger partial charge in [-0.05, 0) is 31.2 Å². The number of benzene rings is 1. The first kappa shape index (κ1) is 17.9. The predicted molar refractivity (Wildman–Crippen MR) is 90.9 cm³/mol. The van der Waals surface area contributed by atoms with Gasteiger partial charge >= 0.3 is 0 Å². The first-order valence-electron chi connectivity index (χ1n) is 7.89. The Hall–Kier alpha value is -1.44. The number of nitrogens with zero attached hydrogens (tertiary/aromatic N) is 2. The summed E-state index contributed by atoms with van der Waals surface area (Å²) >= 11 is 0. The molecule has 1 aromatic carbocycles. The molecule has 1 N–H and O–H groups in total. The van der Waals surface area contributed by atoms with Gasteiger partial charge in [0.15, 0.2) is 0 Å². The van der Waals surface area contributed by atoms with Crippen LogP contribution in [-0.4, -0.2) is 63.0 Å². The van der Waals surface area contributed by atoms with Gasteiger partial charge in [-0.1, -0.05) is 19.1 Å². The Morgan fingerprint density at radius 2 is 2.09 bits per heavy atom. The lowest BCUT2D eigenvalue weighted by Crippen LogP contribution is -2.49. The van der Waals surface area contributed by atoms with Gasteiger partial charge in [0.05, 0.1) is 5.75 Å². The molecule has 1 amide bonds. The summed E-state index contributed by atoms with van der Waals surface area (Å²) < 4.78 is 26.2. The van der Waals surface area contributed by atoms with Gasteiger partial charge in [-0.25, -0.2) is 8.42 Å². The summed E-state index contributed by atoms with van der Waals surface area (Å²) in [6, 6.07) is 7.35. The van der Waals surface area contributed by atoms with Crippen molar-refractivity contribution >= 4 is 15.9 Å². The van der Waals surface area contributed by atoms with E-state index in [9.17, 15) is 13.2 Å². The van der Waals surface area contributed by atoms with E-state index < -0.39 is 10.0 Å². The number of carbonyl (C=O) groups excluding carboxylic acids is 1. The largest absolute Gasteiger partial charge is 0.355 e. The van der Waals surface area contributed by atoms with Crippen LogP contribution in [0.1, 0.15) is 35.3 Å². The molecule has 6 nitrogen and oxygen atoms in total. The van der Waals surface area contributed by atoms with E-state index >= 15 is 0 Å². The van der Waals surface area contributed by atoms with Crippen LogP contribution in [0.15, 0.2) is 24.3 Å². The normalized spacial score (nSPS) is 20.4. The second-order valence-corrected chi connectivity index (χ2v) is 7.96. The molecule has 7 heteroatoms. The number of sulfonamides is 1. The van der Waals surface area contributed by atoms with Crippen molar-refractivity contribution < 1.29 is 13.2 Å². The topological polar surface area (TPSA) is 69.7 Å². The van der Waals surface area contributed by atoms with Gasteiger partial charge in [-0.3, -0.25) is 9.69 Å². The lowest BCUT2D eigenvalue weighted by atomic mass is 10.0. The Kier molecular flexibility index (Phi) is 5.78. The van der Waals surface area contributed by atoms with Crippen LogP contribution < -0.4 is 5.32 Å². The minimum atomic E-state index is -3.20. The fourth-order valence-electron chi connectivity index (χ4n) is 2.88. The van der Waals surface area contributed by atoms with Crippen molar-refractivity contribution in [1.82, 2.24) is 14.5 Å². The third-order valence-electron chi connectivity index (χ3n) is 4.23. The summed E-state index contributed by atoms with van der Waals surface area (Å²) in [6.45, 7) is 3.50. The van der Waals surface area contributed by atoms with Crippen LogP contribution >= 0.6 is 0 Å². The Labute approximate surface area is 138 Å². The summed E-state index contributed by atoms with van der Waals surface area (Å²) in [5.74, 6) is 0.0441. The SMILES string of the molecule is CCCS(=O)(=O)N1CCN(C)[C@H](c2cccc(C(=O)NC)c2)C1. The monoisotopic (exact) mass is 339 g/mol. The molecule has 0 spiro atoms. The van der Waals surface area contributed by atoms with Gasteiger partial charge in [-0.15, -0.1) is 0 Å². The van der Waals surface area contributed by atoms with E-state index in [0.717, 1.165) is 5.56 Å². The Bertz CT molecular complexity index is 660. The molecule has 1 aliphatic heterocycles. The maximum atomic E-state index is 12.3. The zero-order chi connectivity index (χ0) is 17.0. The lowest BCUT2D eigenvalue weighted by Gasteiger charge is -2.39. The van der Waals surface area contributed by atoms with E-state index in [1.807, 2.05) is 32.2 Å². The summed E-state index contributed by atoms with van der Waals surface area (Å²) in [7, 11) is 0.384. The molecule has 23 heavy (non-hydrogen) atoms. The number of hydrogen-bond donors (Lipinski definition) is 1.